The number of esters is 2. The average molecular weight is 479 g/mol. The number of aliphatic hydroxyl groups is 3. The highest BCUT2D eigenvalue weighted by Gasteiger charge is 2.83. The zero-order valence-corrected chi connectivity index (χ0v) is 20.9. The third-order valence-electron chi connectivity index (χ3n) is 10.3. The Labute approximate surface area is 200 Å². The van der Waals surface area contributed by atoms with E-state index in [4.69, 9.17) is 14.2 Å². The summed E-state index contributed by atoms with van der Waals surface area (Å²) in [5.41, 5.74) is -0.663. The van der Waals surface area contributed by atoms with Crippen molar-refractivity contribution in [2.24, 2.45) is 46.3 Å². The minimum Gasteiger partial charge on any atom is -0.459 e. The molecule has 13 unspecified atom stereocenters. The number of hydrogen-bond acceptors (Lipinski definition) is 8. The summed E-state index contributed by atoms with van der Waals surface area (Å²) in [6, 6.07) is 0. The van der Waals surface area contributed by atoms with Gasteiger partial charge in [0, 0.05) is 28.6 Å². The maximum atomic E-state index is 13.3. The molecule has 4 fully saturated rings. The summed E-state index contributed by atoms with van der Waals surface area (Å²) < 4.78 is 17.9. The van der Waals surface area contributed by atoms with Crippen LogP contribution in [0.3, 0.4) is 0 Å². The lowest BCUT2D eigenvalue weighted by atomic mass is 9.37. The Hall–Kier alpha value is -1.48. The average Bonchev–Trinajstić information content (AvgIpc) is 3.08. The highest BCUT2D eigenvalue weighted by molar-refractivity contribution is 5.82. The van der Waals surface area contributed by atoms with E-state index in [0.29, 0.717) is 12.8 Å². The quantitative estimate of drug-likeness (QED) is 0.415. The number of fused-ring (bicyclic) bond motifs is 1. The minimum absolute atomic E-state index is 0.0573. The summed E-state index contributed by atoms with van der Waals surface area (Å²) in [6.07, 6.45) is -0.808. The van der Waals surface area contributed by atoms with Gasteiger partial charge in [-0.15, -0.1) is 0 Å². The Balaban J connectivity index is 1.69. The van der Waals surface area contributed by atoms with Gasteiger partial charge in [-0.1, -0.05) is 46.3 Å². The van der Waals surface area contributed by atoms with Crippen LogP contribution in [0.5, 0.6) is 0 Å². The zero-order chi connectivity index (χ0) is 25.0. The van der Waals surface area contributed by atoms with Crippen LogP contribution in [0, 0.1) is 46.3 Å². The van der Waals surface area contributed by atoms with Gasteiger partial charge in [0.05, 0.1) is 18.6 Å². The molecule has 5 rings (SSSR count). The largest absolute Gasteiger partial charge is 0.459 e. The van der Waals surface area contributed by atoms with Crippen LogP contribution in [0.1, 0.15) is 54.4 Å². The number of carbonyl (C=O) groups excluding carboxylic acids is 2. The molecule has 2 heterocycles. The fourth-order valence-corrected chi connectivity index (χ4v) is 8.65. The van der Waals surface area contributed by atoms with Crippen LogP contribution in [0.15, 0.2) is 11.6 Å². The van der Waals surface area contributed by atoms with Crippen LogP contribution in [0.2, 0.25) is 0 Å². The molecule has 0 aromatic heterocycles. The Morgan fingerprint density at radius 1 is 1.29 bits per heavy atom. The minimum atomic E-state index is -1.91. The number of rotatable bonds is 3. The number of aliphatic hydroxyl groups excluding tert-OH is 2. The zero-order valence-electron chi connectivity index (χ0n) is 20.9. The first-order valence-electron chi connectivity index (χ1n) is 12.7. The third-order valence-corrected chi connectivity index (χ3v) is 10.3. The molecule has 0 aromatic rings. The summed E-state index contributed by atoms with van der Waals surface area (Å²) in [4.78, 5) is 26.1. The third kappa shape index (κ3) is 2.69. The second-order valence-electron chi connectivity index (χ2n) is 11.9. The second-order valence-corrected chi connectivity index (χ2v) is 11.9. The lowest BCUT2D eigenvalue weighted by Crippen LogP contribution is -2.77. The van der Waals surface area contributed by atoms with Crippen molar-refractivity contribution < 1.29 is 39.1 Å². The van der Waals surface area contributed by atoms with Gasteiger partial charge in [-0.05, 0) is 31.6 Å². The molecular weight excluding hydrogens is 440 g/mol. The highest BCUT2D eigenvalue weighted by Crippen LogP contribution is 2.74. The first-order chi connectivity index (χ1) is 15.8. The summed E-state index contributed by atoms with van der Waals surface area (Å²) in [5.74, 6) is -5.63. The predicted octanol–water partition coefficient (Wildman–Crippen LogP) is 1.80. The SMILES string of the molecule is CCC(C)C(=O)OC1C(=O)OC2CC3C(C)=CC(C)C(O)C3(C)C3C4(O)OCC23C1C(C)C4O. The molecule has 8 nitrogen and oxygen atoms in total. The van der Waals surface area contributed by atoms with Crippen molar-refractivity contribution in [3.05, 3.63) is 11.6 Å². The van der Waals surface area contributed by atoms with Crippen LogP contribution in [-0.4, -0.2) is 64.1 Å². The fourth-order valence-electron chi connectivity index (χ4n) is 8.65. The van der Waals surface area contributed by atoms with Crippen molar-refractivity contribution in [2.45, 2.75) is 84.6 Å². The molecule has 34 heavy (non-hydrogen) atoms. The smallest absolute Gasteiger partial charge is 0.348 e. The normalized spacial score (nSPS) is 54.3. The van der Waals surface area contributed by atoms with Crippen molar-refractivity contribution in [1.82, 2.24) is 0 Å². The molecule has 0 amide bonds. The lowest BCUT2D eigenvalue weighted by molar-refractivity contribution is -0.344. The maximum absolute atomic E-state index is 13.3. The standard InChI is InChI=1S/C26H38O8/c1-7-11(2)21(29)34-18-17-14(5)20(28)26(31)23-24(6)15(12(3)8-13(4)19(24)27)9-16(33-22(18)30)25(17,23)10-32-26/h8,11,13-20,23,27-28,31H,7,9-10H2,1-6H3. The summed E-state index contributed by atoms with van der Waals surface area (Å²) in [6.45, 7) is 11.4. The number of hydrogen-bond donors (Lipinski definition) is 3. The van der Waals surface area contributed by atoms with Crippen LogP contribution < -0.4 is 0 Å². The van der Waals surface area contributed by atoms with E-state index in [1.54, 1.807) is 13.8 Å². The molecule has 8 heteroatoms. The predicted molar refractivity (Wildman–Crippen MR) is 120 cm³/mol. The van der Waals surface area contributed by atoms with E-state index in [-0.39, 0.29) is 24.4 Å². The molecule has 0 radical (unpaired) electrons. The first kappa shape index (κ1) is 24.2. The highest BCUT2D eigenvalue weighted by atomic mass is 16.7. The van der Waals surface area contributed by atoms with E-state index >= 15 is 0 Å². The van der Waals surface area contributed by atoms with Gasteiger partial charge in [-0.2, -0.15) is 0 Å². The van der Waals surface area contributed by atoms with Crippen molar-refractivity contribution in [2.75, 3.05) is 6.61 Å². The molecule has 0 aromatic carbocycles. The Morgan fingerprint density at radius 2 is 1.97 bits per heavy atom. The maximum Gasteiger partial charge on any atom is 0.348 e. The molecule has 13 atom stereocenters. The van der Waals surface area contributed by atoms with Gasteiger partial charge >= 0.3 is 11.9 Å². The van der Waals surface area contributed by atoms with Crippen molar-refractivity contribution >= 4 is 11.9 Å². The van der Waals surface area contributed by atoms with E-state index < -0.39 is 70.7 Å². The van der Waals surface area contributed by atoms with E-state index in [1.807, 2.05) is 33.8 Å². The summed E-state index contributed by atoms with van der Waals surface area (Å²) in [7, 11) is 0. The molecule has 2 aliphatic heterocycles. The Bertz CT molecular complexity index is 932. The molecule has 3 N–H and O–H groups in total. The van der Waals surface area contributed by atoms with Gasteiger partial charge in [-0.25, -0.2) is 4.79 Å². The van der Waals surface area contributed by atoms with E-state index in [2.05, 4.69) is 0 Å². The first-order valence-corrected chi connectivity index (χ1v) is 12.7. The Kier molecular flexibility index (Phi) is 5.35. The molecule has 1 spiro atoms. The summed E-state index contributed by atoms with van der Waals surface area (Å²) >= 11 is 0. The molecule has 2 saturated carbocycles. The number of allylic oxidation sites excluding steroid dienone is 1. The Morgan fingerprint density at radius 3 is 2.62 bits per heavy atom. The number of carbonyl (C=O) groups is 2. The van der Waals surface area contributed by atoms with Crippen LogP contribution in [-0.2, 0) is 23.8 Å². The molecule has 2 bridgehead atoms. The van der Waals surface area contributed by atoms with Crippen molar-refractivity contribution in [1.29, 1.82) is 0 Å². The lowest BCUT2D eigenvalue weighted by Gasteiger charge is -2.68. The molecule has 2 saturated heterocycles. The molecule has 3 aliphatic carbocycles. The topological polar surface area (TPSA) is 123 Å². The van der Waals surface area contributed by atoms with E-state index in [1.165, 1.54) is 0 Å². The van der Waals surface area contributed by atoms with Gasteiger partial charge in [0.1, 0.15) is 12.2 Å². The van der Waals surface area contributed by atoms with Crippen LogP contribution >= 0.6 is 0 Å². The van der Waals surface area contributed by atoms with E-state index in [0.717, 1.165) is 5.57 Å². The van der Waals surface area contributed by atoms with Gasteiger partial charge in [0.2, 0.25) is 6.10 Å². The number of ether oxygens (including phenoxy) is 3. The van der Waals surface area contributed by atoms with Crippen molar-refractivity contribution in [3.8, 4) is 0 Å². The second kappa shape index (κ2) is 7.51. The van der Waals surface area contributed by atoms with Gasteiger partial charge in [0.25, 0.3) is 0 Å². The molecular formula is C26H38O8. The van der Waals surface area contributed by atoms with Gasteiger partial charge < -0.3 is 29.5 Å². The van der Waals surface area contributed by atoms with Crippen LogP contribution in [0.25, 0.3) is 0 Å². The molecule has 190 valence electrons. The summed E-state index contributed by atoms with van der Waals surface area (Å²) in [5, 5.41) is 34.9. The van der Waals surface area contributed by atoms with Crippen molar-refractivity contribution in [3.63, 3.8) is 0 Å². The van der Waals surface area contributed by atoms with Gasteiger partial charge in [-0.3, -0.25) is 4.79 Å². The molecule has 5 aliphatic rings. The van der Waals surface area contributed by atoms with Gasteiger partial charge in [0.15, 0.2) is 5.79 Å². The fraction of sp³-hybridized carbons (Fsp3) is 0.846. The van der Waals surface area contributed by atoms with Crippen LogP contribution in [0.4, 0.5) is 0 Å². The van der Waals surface area contributed by atoms with E-state index in [9.17, 15) is 24.9 Å². The monoisotopic (exact) mass is 478 g/mol.